The average molecular weight is 636 g/mol. The van der Waals surface area contributed by atoms with Gasteiger partial charge in [-0.2, -0.15) is 0 Å². The number of fused-ring (bicyclic) bond motifs is 1. The molecule has 0 unspecified atom stereocenters. The van der Waals surface area contributed by atoms with Crippen LogP contribution in [-0.2, 0) is 22.5 Å². The van der Waals surface area contributed by atoms with Gasteiger partial charge in [0.15, 0.2) is 5.69 Å². The first kappa shape index (κ1) is 33.5. The van der Waals surface area contributed by atoms with Gasteiger partial charge in [-0.15, -0.1) is 0 Å². The van der Waals surface area contributed by atoms with Gasteiger partial charge in [-0.05, 0) is 98.0 Å². The molecule has 246 valence electrons. The molecule has 0 bridgehead atoms. The summed E-state index contributed by atoms with van der Waals surface area (Å²) >= 11 is 0. The van der Waals surface area contributed by atoms with Crippen LogP contribution in [0.5, 0.6) is 5.75 Å². The molecule has 0 fully saturated rings. The molecule has 2 N–H and O–H groups in total. The number of nitrogens with zero attached hydrogens (tertiary/aromatic N) is 1. The van der Waals surface area contributed by atoms with Gasteiger partial charge < -0.3 is 19.5 Å². The molecule has 1 aliphatic heterocycles. The minimum atomic E-state index is -0.585. The van der Waals surface area contributed by atoms with E-state index in [0.29, 0.717) is 22.7 Å². The van der Waals surface area contributed by atoms with Crippen molar-refractivity contribution in [2.75, 3.05) is 24.3 Å². The number of aryl methyl sites for hydroxylation is 1. The highest BCUT2D eigenvalue weighted by Crippen LogP contribution is 2.32. The van der Waals surface area contributed by atoms with Gasteiger partial charge in [0.2, 0.25) is 0 Å². The fourth-order valence-corrected chi connectivity index (χ4v) is 5.51. The number of anilines is 2. The number of nitrogens with one attached hydrogen (secondary N) is 2. The number of aromatic nitrogens is 1. The van der Waals surface area contributed by atoms with Gasteiger partial charge in [0.05, 0.1) is 12.8 Å². The lowest BCUT2D eigenvalue weighted by Gasteiger charge is -2.29. The Bertz CT molecular complexity index is 1740. The Labute approximate surface area is 277 Å². The number of amides is 1. The Hall–Kier alpha value is -4.85. The summed E-state index contributed by atoms with van der Waals surface area (Å²) in [7, 11) is 1.37. The molecule has 0 atom stereocenters. The van der Waals surface area contributed by atoms with E-state index in [9.17, 15) is 9.59 Å². The fourth-order valence-electron chi connectivity index (χ4n) is 5.51. The normalized spacial score (nSPS) is 12.8. The van der Waals surface area contributed by atoms with E-state index in [1.54, 1.807) is 12.1 Å². The Kier molecular flexibility index (Phi) is 10.2. The largest absolute Gasteiger partial charge is 0.489 e. The van der Waals surface area contributed by atoms with Crippen molar-refractivity contribution in [2.24, 2.45) is 5.41 Å². The van der Waals surface area contributed by atoms with Crippen molar-refractivity contribution < 1.29 is 23.8 Å². The van der Waals surface area contributed by atoms with Gasteiger partial charge in [0.25, 0.3) is 0 Å². The molecule has 2 heterocycles. The van der Waals surface area contributed by atoms with Gasteiger partial charge in [0.1, 0.15) is 18.0 Å². The summed E-state index contributed by atoms with van der Waals surface area (Å²) in [4.78, 5) is 30.3. The summed E-state index contributed by atoms with van der Waals surface area (Å²) < 4.78 is 16.9. The van der Waals surface area contributed by atoms with Crippen molar-refractivity contribution in [1.29, 1.82) is 0 Å². The molecule has 0 aliphatic carbocycles. The van der Waals surface area contributed by atoms with Crippen molar-refractivity contribution in [1.82, 2.24) is 4.98 Å². The second-order valence-electron chi connectivity index (χ2n) is 13.8. The molecule has 1 aromatic heterocycles. The molecule has 4 aromatic rings. The smallest absolute Gasteiger partial charge is 0.412 e. The fraction of sp³-hybridized carbons (Fsp3) is 0.359. The molecule has 5 rings (SSSR count). The number of hydrogen-bond acceptors (Lipinski definition) is 7. The first-order valence-electron chi connectivity index (χ1n) is 16.2. The summed E-state index contributed by atoms with van der Waals surface area (Å²) in [5.74, 6) is 0.0982. The number of benzene rings is 3. The number of methoxy groups -OCH3 is 1. The summed E-state index contributed by atoms with van der Waals surface area (Å²) in [5.41, 5.74) is 6.86. The van der Waals surface area contributed by atoms with Crippen LogP contribution in [0.25, 0.3) is 22.4 Å². The van der Waals surface area contributed by atoms with Gasteiger partial charge >= 0.3 is 12.1 Å². The quantitative estimate of drug-likeness (QED) is 0.168. The van der Waals surface area contributed by atoms with Gasteiger partial charge in [-0.3, -0.25) is 5.32 Å². The number of esters is 1. The molecule has 8 heteroatoms. The van der Waals surface area contributed by atoms with E-state index in [0.717, 1.165) is 54.6 Å². The highest BCUT2D eigenvalue weighted by atomic mass is 16.6. The summed E-state index contributed by atoms with van der Waals surface area (Å²) in [6, 6.07) is 25.1. The van der Waals surface area contributed by atoms with Crippen molar-refractivity contribution in [3.63, 3.8) is 0 Å². The Morgan fingerprint density at radius 3 is 2.49 bits per heavy atom. The van der Waals surface area contributed by atoms with E-state index in [1.807, 2.05) is 62.4 Å². The van der Waals surface area contributed by atoms with Gasteiger partial charge in [-0.1, -0.05) is 57.2 Å². The molecule has 1 amide bonds. The maximum absolute atomic E-state index is 12.9. The zero-order chi connectivity index (χ0) is 33.6. The lowest BCUT2D eigenvalue weighted by molar-refractivity contribution is 0.0337. The number of ether oxygens (including phenoxy) is 3. The monoisotopic (exact) mass is 635 g/mol. The SMILES string of the molecule is COC(=O)c1nc(-c2ccc3c(c2)NCCC3)ccc1-c1cccc(COc2cccc(NC(=O)OC(C)(C)CCC(C)(C)C)c2)c1. The maximum Gasteiger partial charge on any atom is 0.412 e. The predicted molar refractivity (Wildman–Crippen MR) is 187 cm³/mol. The van der Waals surface area contributed by atoms with Crippen LogP contribution in [0.2, 0.25) is 0 Å². The molecule has 1 aliphatic rings. The molecule has 8 nitrogen and oxygen atoms in total. The Balaban J connectivity index is 1.27. The van der Waals surface area contributed by atoms with Crippen LogP contribution in [0, 0.1) is 5.41 Å². The minimum Gasteiger partial charge on any atom is -0.489 e. The van der Waals surface area contributed by atoms with Crippen LogP contribution >= 0.6 is 0 Å². The van der Waals surface area contributed by atoms with E-state index in [1.165, 1.54) is 12.7 Å². The lowest BCUT2D eigenvalue weighted by Crippen LogP contribution is -2.31. The zero-order valence-corrected chi connectivity index (χ0v) is 28.2. The highest BCUT2D eigenvalue weighted by Gasteiger charge is 2.26. The van der Waals surface area contributed by atoms with Crippen LogP contribution in [0.15, 0.2) is 78.9 Å². The average Bonchev–Trinajstić information content (AvgIpc) is 3.05. The van der Waals surface area contributed by atoms with Crippen molar-refractivity contribution in [2.45, 2.75) is 72.5 Å². The van der Waals surface area contributed by atoms with Gasteiger partial charge in [-0.25, -0.2) is 14.6 Å². The van der Waals surface area contributed by atoms with Crippen molar-refractivity contribution in [3.8, 4) is 28.1 Å². The number of carbonyl (C=O) groups excluding carboxylic acids is 2. The molecule has 0 spiro atoms. The van der Waals surface area contributed by atoms with Crippen LogP contribution in [0.3, 0.4) is 0 Å². The molecule has 0 radical (unpaired) electrons. The van der Waals surface area contributed by atoms with E-state index < -0.39 is 17.7 Å². The second kappa shape index (κ2) is 14.3. The van der Waals surface area contributed by atoms with E-state index >= 15 is 0 Å². The number of rotatable bonds is 10. The third-order valence-corrected chi connectivity index (χ3v) is 8.19. The van der Waals surface area contributed by atoms with Crippen LogP contribution < -0.4 is 15.4 Å². The highest BCUT2D eigenvalue weighted by molar-refractivity contribution is 5.96. The maximum atomic E-state index is 12.9. The zero-order valence-electron chi connectivity index (χ0n) is 28.2. The number of pyridine rings is 1. The third kappa shape index (κ3) is 9.12. The van der Waals surface area contributed by atoms with Crippen LogP contribution in [-0.4, -0.2) is 36.3 Å². The standard InChI is InChI=1S/C39H45N3O5/c1-38(2,3)19-20-39(4,5)47-37(44)41-30-13-8-14-31(24-30)46-25-26-10-7-11-28(22-26)32-17-18-33(42-35(32)36(43)45-6)29-16-15-27-12-9-21-40-34(27)23-29/h7-8,10-11,13-18,22-24,40H,9,12,19-21,25H2,1-6H3,(H,41,44). The third-order valence-electron chi connectivity index (χ3n) is 8.19. The number of carbonyl (C=O) groups is 2. The summed E-state index contributed by atoms with van der Waals surface area (Å²) in [6.45, 7) is 11.6. The second-order valence-corrected chi connectivity index (χ2v) is 13.8. The van der Waals surface area contributed by atoms with Crippen LogP contribution in [0.4, 0.5) is 16.2 Å². The molecule has 0 saturated carbocycles. The van der Waals surface area contributed by atoms with E-state index in [2.05, 4.69) is 49.6 Å². The molecule has 0 saturated heterocycles. The summed E-state index contributed by atoms with van der Waals surface area (Å²) in [6.07, 6.45) is 3.37. The molecule has 3 aromatic carbocycles. The molecular weight excluding hydrogens is 590 g/mol. The first-order chi connectivity index (χ1) is 22.4. The van der Waals surface area contributed by atoms with Crippen molar-refractivity contribution in [3.05, 3.63) is 95.7 Å². The topological polar surface area (TPSA) is 98.8 Å². The molecular formula is C39H45N3O5. The summed E-state index contributed by atoms with van der Waals surface area (Å²) in [5, 5.41) is 6.28. The minimum absolute atomic E-state index is 0.160. The van der Waals surface area contributed by atoms with E-state index in [-0.39, 0.29) is 17.7 Å². The lowest BCUT2D eigenvalue weighted by atomic mass is 9.86. The first-order valence-corrected chi connectivity index (χ1v) is 16.2. The number of hydrogen-bond donors (Lipinski definition) is 2. The Morgan fingerprint density at radius 1 is 0.894 bits per heavy atom. The molecule has 47 heavy (non-hydrogen) atoms. The Morgan fingerprint density at radius 2 is 1.70 bits per heavy atom. The van der Waals surface area contributed by atoms with Crippen molar-refractivity contribution >= 4 is 23.4 Å². The van der Waals surface area contributed by atoms with E-state index in [4.69, 9.17) is 19.2 Å². The van der Waals surface area contributed by atoms with Crippen LogP contribution in [0.1, 0.15) is 75.5 Å². The predicted octanol–water partition coefficient (Wildman–Crippen LogP) is 9.29. The van der Waals surface area contributed by atoms with Gasteiger partial charge in [0, 0.05) is 35.1 Å².